The summed E-state index contributed by atoms with van der Waals surface area (Å²) in [7, 11) is 4.24. The summed E-state index contributed by atoms with van der Waals surface area (Å²) in [5.41, 5.74) is 2.33. The minimum atomic E-state index is 0.839. The van der Waals surface area contributed by atoms with Crippen molar-refractivity contribution in [2.45, 2.75) is 6.92 Å². The smallest absolute Gasteiger partial charge is 0.173 e. The van der Waals surface area contributed by atoms with E-state index in [0.717, 1.165) is 50.1 Å². The Labute approximate surface area is 133 Å². The molecule has 0 radical (unpaired) electrons. The minimum absolute atomic E-state index is 0.839. The fourth-order valence-corrected chi connectivity index (χ4v) is 2.66. The second kappa shape index (κ2) is 7.73. The van der Waals surface area contributed by atoms with E-state index in [1.165, 1.54) is 5.56 Å². The maximum atomic E-state index is 5.52. The molecular weight excluding hydrogens is 280 g/mol. The largest absolute Gasteiger partial charge is 0.346 e. The van der Waals surface area contributed by atoms with Crippen molar-refractivity contribution in [1.82, 2.24) is 14.7 Å². The molecular formula is C16H26N4S. The van der Waals surface area contributed by atoms with Crippen molar-refractivity contribution in [2.24, 2.45) is 0 Å². The predicted molar refractivity (Wildman–Crippen MR) is 94.0 cm³/mol. The van der Waals surface area contributed by atoms with Crippen LogP contribution in [0.15, 0.2) is 24.3 Å². The third-order valence-corrected chi connectivity index (χ3v) is 4.19. The van der Waals surface area contributed by atoms with Crippen LogP contribution in [0, 0.1) is 6.92 Å². The summed E-state index contributed by atoms with van der Waals surface area (Å²) in [6, 6.07) is 8.36. The first-order valence-electron chi connectivity index (χ1n) is 7.54. The Morgan fingerprint density at radius 2 is 1.76 bits per heavy atom. The van der Waals surface area contributed by atoms with E-state index in [-0.39, 0.29) is 0 Å². The van der Waals surface area contributed by atoms with Gasteiger partial charge in [0.25, 0.3) is 0 Å². The zero-order valence-corrected chi connectivity index (χ0v) is 14.1. The molecule has 2 rings (SSSR count). The number of nitrogens with one attached hydrogen (secondary N) is 1. The Hall–Kier alpha value is -1.17. The molecule has 1 heterocycles. The van der Waals surface area contributed by atoms with Gasteiger partial charge in [0.2, 0.25) is 0 Å². The molecule has 0 unspecified atom stereocenters. The van der Waals surface area contributed by atoms with E-state index in [2.05, 4.69) is 65.3 Å². The highest BCUT2D eigenvalue weighted by Crippen LogP contribution is 2.11. The summed E-state index contributed by atoms with van der Waals surface area (Å²) < 4.78 is 0. The van der Waals surface area contributed by atoms with Crippen molar-refractivity contribution < 1.29 is 0 Å². The van der Waals surface area contributed by atoms with Gasteiger partial charge in [-0.15, -0.1) is 0 Å². The van der Waals surface area contributed by atoms with E-state index >= 15 is 0 Å². The molecule has 0 aliphatic carbocycles. The van der Waals surface area contributed by atoms with Crippen LogP contribution < -0.4 is 5.32 Å². The molecule has 1 N–H and O–H groups in total. The number of aryl methyl sites for hydroxylation is 1. The van der Waals surface area contributed by atoms with Crippen molar-refractivity contribution in [2.75, 3.05) is 58.7 Å². The Kier molecular flexibility index (Phi) is 5.96. The molecule has 0 amide bonds. The summed E-state index contributed by atoms with van der Waals surface area (Å²) >= 11 is 5.52. The van der Waals surface area contributed by atoms with Crippen LogP contribution in [0.3, 0.4) is 0 Å². The Morgan fingerprint density at radius 1 is 1.14 bits per heavy atom. The van der Waals surface area contributed by atoms with Crippen molar-refractivity contribution in [3.8, 4) is 0 Å². The molecule has 1 fully saturated rings. The topological polar surface area (TPSA) is 21.8 Å². The number of piperazine rings is 1. The molecule has 1 aromatic carbocycles. The number of rotatable bonds is 4. The van der Waals surface area contributed by atoms with Crippen LogP contribution in [0.5, 0.6) is 0 Å². The fourth-order valence-electron chi connectivity index (χ4n) is 2.36. The summed E-state index contributed by atoms with van der Waals surface area (Å²) in [6.07, 6.45) is 0. The Balaban J connectivity index is 1.76. The highest BCUT2D eigenvalue weighted by Gasteiger charge is 2.18. The number of thiocarbonyl (C=S) groups is 1. The van der Waals surface area contributed by atoms with Gasteiger partial charge in [-0.1, -0.05) is 17.7 Å². The van der Waals surface area contributed by atoms with Crippen molar-refractivity contribution in [1.29, 1.82) is 0 Å². The molecule has 0 atom stereocenters. The van der Waals surface area contributed by atoms with Gasteiger partial charge >= 0.3 is 0 Å². The summed E-state index contributed by atoms with van der Waals surface area (Å²) in [5, 5.41) is 4.17. The first-order chi connectivity index (χ1) is 10.0. The molecule has 0 aromatic heterocycles. The van der Waals surface area contributed by atoms with Gasteiger partial charge in [0.05, 0.1) is 0 Å². The lowest BCUT2D eigenvalue weighted by atomic mass is 10.2. The third kappa shape index (κ3) is 5.26. The van der Waals surface area contributed by atoms with Gasteiger partial charge in [-0.25, -0.2) is 0 Å². The maximum absolute atomic E-state index is 5.52. The Morgan fingerprint density at radius 3 is 2.33 bits per heavy atom. The molecule has 1 aliphatic heterocycles. The van der Waals surface area contributed by atoms with Crippen molar-refractivity contribution in [3.63, 3.8) is 0 Å². The summed E-state index contributed by atoms with van der Waals surface area (Å²) in [5.74, 6) is 0. The van der Waals surface area contributed by atoms with Crippen LogP contribution in [0.25, 0.3) is 0 Å². The van der Waals surface area contributed by atoms with Gasteiger partial charge in [-0.05, 0) is 45.4 Å². The molecule has 0 spiro atoms. The van der Waals surface area contributed by atoms with Gasteiger partial charge in [-0.2, -0.15) is 0 Å². The predicted octanol–water partition coefficient (Wildman–Crippen LogP) is 1.87. The monoisotopic (exact) mass is 306 g/mol. The number of hydrogen-bond acceptors (Lipinski definition) is 3. The molecule has 1 aliphatic rings. The number of anilines is 1. The van der Waals surface area contributed by atoms with Gasteiger partial charge in [-0.3, -0.25) is 4.90 Å². The van der Waals surface area contributed by atoms with Crippen LogP contribution in [-0.4, -0.2) is 73.2 Å². The second-order valence-electron chi connectivity index (χ2n) is 5.93. The van der Waals surface area contributed by atoms with E-state index in [0.29, 0.717) is 0 Å². The molecule has 4 nitrogen and oxygen atoms in total. The van der Waals surface area contributed by atoms with E-state index in [1.807, 2.05) is 0 Å². The van der Waals surface area contributed by atoms with E-state index in [4.69, 9.17) is 12.2 Å². The van der Waals surface area contributed by atoms with Gasteiger partial charge in [0, 0.05) is 45.0 Å². The van der Waals surface area contributed by atoms with Crippen LogP contribution in [0.2, 0.25) is 0 Å². The lowest BCUT2D eigenvalue weighted by Gasteiger charge is -2.36. The summed E-state index contributed by atoms with van der Waals surface area (Å²) in [6.45, 7) is 8.53. The van der Waals surface area contributed by atoms with Crippen molar-refractivity contribution >= 4 is 23.0 Å². The fraction of sp³-hybridized carbons (Fsp3) is 0.562. The van der Waals surface area contributed by atoms with Gasteiger partial charge in [0.1, 0.15) is 0 Å². The van der Waals surface area contributed by atoms with Crippen LogP contribution in [0.4, 0.5) is 5.69 Å². The number of hydrogen-bond donors (Lipinski definition) is 1. The molecule has 0 bridgehead atoms. The summed E-state index contributed by atoms with van der Waals surface area (Å²) in [4.78, 5) is 7.00. The molecule has 21 heavy (non-hydrogen) atoms. The minimum Gasteiger partial charge on any atom is -0.346 e. The molecule has 0 saturated carbocycles. The van der Waals surface area contributed by atoms with E-state index in [9.17, 15) is 0 Å². The zero-order valence-electron chi connectivity index (χ0n) is 13.3. The molecule has 116 valence electrons. The second-order valence-corrected chi connectivity index (χ2v) is 6.31. The highest BCUT2D eigenvalue weighted by atomic mass is 32.1. The van der Waals surface area contributed by atoms with Crippen LogP contribution >= 0.6 is 12.2 Å². The van der Waals surface area contributed by atoms with Gasteiger partial charge < -0.3 is 15.1 Å². The number of nitrogens with zero attached hydrogens (tertiary/aromatic N) is 3. The van der Waals surface area contributed by atoms with E-state index < -0.39 is 0 Å². The maximum Gasteiger partial charge on any atom is 0.173 e. The third-order valence-electron chi connectivity index (χ3n) is 3.83. The Bertz CT molecular complexity index is 450. The number of benzene rings is 1. The zero-order chi connectivity index (χ0) is 15.2. The quantitative estimate of drug-likeness (QED) is 0.855. The normalized spacial score (nSPS) is 16.3. The van der Waals surface area contributed by atoms with Gasteiger partial charge in [0.15, 0.2) is 5.11 Å². The standard InChI is InChI=1S/C16H26N4S/c1-14-4-6-15(7-5-14)17-16(21)20-12-10-19(11-13-20)9-8-18(2)3/h4-7H,8-13H2,1-3H3,(H,17,21). The lowest BCUT2D eigenvalue weighted by molar-refractivity contribution is 0.170. The highest BCUT2D eigenvalue weighted by molar-refractivity contribution is 7.80. The lowest BCUT2D eigenvalue weighted by Crippen LogP contribution is -2.51. The average Bonchev–Trinajstić information content (AvgIpc) is 2.48. The molecule has 1 saturated heterocycles. The first-order valence-corrected chi connectivity index (χ1v) is 7.95. The molecule has 5 heteroatoms. The van der Waals surface area contributed by atoms with Crippen LogP contribution in [-0.2, 0) is 0 Å². The van der Waals surface area contributed by atoms with Crippen LogP contribution in [0.1, 0.15) is 5.56 Å². The number of likely N-dealkylation sites (N-methyl/N-ethyl adjacent to an activating group) is 1. The van der Waals surface area contributed by atoms with Crippen molar-refractivity contribution in [3.05, 3.63) is 29.8 Å². The molecule has 1 aromatic rings. The van der Waals surface area contributed by atoms with E-state index in [1.54, 1.807) is 0 Å². The first kappa shape index (κ1) is 16.2. The average molecular weight is 306 g/mol. The SMILES string of the molecule is Cc1ccc(NC(=S)N2CCN(CCN(C)C)CC2)cc1.